The number of hydrogen-bond donors (Lipinski definition) is 2. The number of nitrogens with two attached hydrogens (primary N) is 1. The van der Waals surface area contributed by atoms with Crippen molar-refractivity contribution in [2.75, 3.05) is 7.11 Å². The van der Waals surface area contributed by atoms with E-state index in [9.17, 15) is 0 Å². The van der Waals surface area contributed by atoms with E-state index in [1.807, 2.05) is 18.3 Å². The van der Waals surface area contributed by atoms with E-state index in [0.717, 1.165) is 22.6 Å². The fourth-order valence-electron chi connectivity index (χ4n) is 2.18. The van der Waals surface area contributed by atoms with Crippen molar-refractivity contribution in [2.45, 2.75) is 32.7 Å². The highest BCUT2D eigenvalue weighted by Gasteiger charge is 2.20. The molecule has 0 aliphatic carbocycles. The maximum Gasteiger partial charge on any atom is 0.122 e. The van der Waals surface area contributed by atoms with Crippen LogP contribution in [-0.2, 0) is 12.0 Å². The van der Waals surface area contributed by atoms with Crippen molar-refractivity contribution in [3.63, 3.8) is 0 Å². The molecule has 0 aliphatic heterocycles. The Balaban J connectivity index is 2.55. The fourth-order valence-corrected chi connectivity index (χ4v) is 2.18. The first-order valence-electron chi connectivity index (χ1n) is 6.38. The lowest BCUT2D eigenvalue weighted by Crippen LogP contribution is -2.13. The lowest BCUT2D eigenvalue weighted by molar-refractivity contribution is 0.397. The molecule has 1 aromatic heterocycles. The molecule has 4 nitrogen and oxygen atoms in total. The van der Waals surface area contributed by atoms with Crippen molar-refractivity contribution < 1.29 is 4.74 Å². The van der Waals surface area contributed by atoms with Gasteiger partial charge in [0.15, 0.2) is 0 Å². The number of benzene rings is 1. The van der Waals surface area contributed by atoms with Gasteiger partial charge in [-0.1, -0.05) is 26.8 Å². The van der Waals surface area contributed by atoms with Gasteiger partial charge in [0, 0.05) is 17.7 Å². The van der Waals surface area contributed by atoms with Crippen LogP contribution in [-0.4, -0.2) is 17.3 Å². The number of rotatable bonds is 3. The molecule has 0 atom stereocenters. The summed E-state index contributed by atoms with van der Waals surface area (Å²) in [6.07, 6.45) is 1.82. The zero-order chi connectivity index (χ0) is 14.0. The highest BCUT2D eigenvalue weighted by molar-refractivity contribution is 5.68. The third-order valence-electron chi connectivity index (χ3n) is 3.24. The summed E-state index contributed by atoms with van der Waals surface area (Å²) >= 11 is 0. The lowest BCUT2D eigenvalue weighted by Gasteiger charge is -2.23. The fraction of sp³-hybridized carbons (Fsp3) is 0.400. The molecule has 0 amide bonds. The second-order valence-corrected chi connectivity index (χ2v) is 5.63. The number of H-pyrrole nitrogens is 1. The Kier molecular flexibility index (Phi) is 3.62. The predicted octanol–water partition coefficient (Wildman–Crippen LogP) is 2.84. The first-order valence-corrected chi connectivity index (χ1v) is 6.38. The standard InChI is InChI=1S/C15H21N3O/c1-15(2,3)12-7-10(5-6-14(12)19-4)11-9-17-18-13(11)8-16/h5-7,9H,8,16H2,1-4H3,(H,17,18). The van der Waals surface area contributed by atoms with Crippen molar-refractivity contribution in [1.29, 1.82) is 0 Å². The molecule has 4 heteroatoms. The van der Waals surface area contributed by atoms with Crippen LogP contribution in [0.2, 0.25) is 0 Å². The quantitative estimate of drug-likeness (QED) is 0.890. The van der Waals surface area contributed by atoms with E-state index in [-0.39, 0.29) is 5.41 Å². The first kappa shape index (κ1) is 13.6. The molecular weight excluding hydrogens is 238 g/mol. The molecule has 0 aliphatic rings. The molecule has 19 heavy (non-hydrogen) atoms. The SMILES string of the molecule is COc1ccc(-c2cn[nH]c2CN)cc1C(C)(C)C. The zero-order valence-corrected chi connectivity index (χ0v) is 11.9. The third kappa shape index (κ3) is 2.63. The van der Waals surface area contributed by atoms with Gasteiger partial charge in [-0.25, -0.2) is 0 Å². The highest BCUT2D eigenvalue weighted by Crippen LogP contribution is 2.35. The van der Waals surface area contributed by atoms with Crippen LogP contribution in [0.4, 0.5) is 0 Å². The molecule has 2 rings (SSSR count). The van der Waals surface area contributed by atoms with Crippen LogP contribution in [0, 0.1) is 0 Å². The van der Waals surface area contributed by atoms with Crippen molar-refractivity contribution in [1.82, 2.24) is 10.2 Å². The van der Waals surface area contributed by atoms with Gasteiger partial charge in [-0.15, -0.1) is 0 Å². The first-order chi connectivity index (χ1) is 8.97. The van der Waals surface area contributed by atoms with E-state index >= 15 is 0 Å². The molecule has 0 saturated heterocycles. The summed E-state index contributed by atoms with van der Waals surface area (Å²) < 4.78 is 5.45. The summed E-state index contributed by atoms with van der Waals surface area (Å²) in [6.45, 7) is 6.97. The van der Waals surface area contributed by atoms with Gasteiger partial charge in [0.25, 0.3) is 0 Å². The van der Waals surface area contributed by atoms with Crippen LogP contribution in [0.5, 0.6) is 5.75 Å². The number of aromatic nitrogens is 2. The second kappa shape index (κ2) is 5.05. The number of nitrogens with zero attached hydrogens (tertiary/aromatic N) is 1. The number of aromatic amines is 1. The number of ether oxygens (including phenoxy) is 1. The number of methoxy groups -OCH3 is 1. The smallest absolute Gasteiger partial charge is 0.122 e. The molecule has 3 N–H and O–H groups in total. The molecule has 0 radical (unpaired) electrons. The maximum absolute atomic E-state index is 5.72. The Morgan fingerprint density at radius 3 is 2.63 bits per heavy atom. The van der Waals surface area contributed by atoms with E-state index < -0.39 is 0 Å². The monoisotopic (exact) mass is 259 g/mol. The van der Waals surface area contributed by atoms with Gasteiger partial charge < -0.3 is 10.5 Å². The van der Waals surface area contributed by atoms with Gasteiger partial charge >= 0.3 is 0 Å². The minimum absolute atomic E-state index is 0.0218. The molecule has 2 aromatic rings. The summed E-state index contributed by atoms with van der Waals surface area (Å²) in [5.74, 6) is 0.911. The van der Waals surface area contributed by atoms with Crippen LogP contribution < -0.4 is 10.5 Å². The van der Waals surface area contributed by atoms with E-state index in [1.165, 1.54) is 5.56 Å². The van der Waals surface area contributed by atoms with Gasteiger partial charge in [0.1, 0.15) is 5.75 Å². The van der Waals surface area contributed by atoms with Crippen LogP contribution in [0.3, 0.4) is 0 Å². The minimum atomic E-state index is 0.0218. The predicted molar refractivity (Wildman–Crippen MR) is 77.2 cm³/mol. The van der Waals surface area contributed by atoms with Crippen LogP contribution in [0.25, 0.3) is 11.1 Å². The Morgan fingerprint density at radius 2 is 2.05 bits per heavy atom. The molecule has 1 heterocycles. The molecule has 0 bridgehead atoms. The Hall–Kier alpha value is -1.81. The molecule has 1 aromatic carbocycles. The summed E-state index contributed by atoms with van der Waals surface area (Å²) in [7, 11) is 1.70. The molecule has 0 spiro atoms. The zero-order valence-electron chi connectivity index (χ0n) is 11.9. The van der Waals surface area contributed by atoms with E-state index in [4.69, 9.17) is 10.5 Å². The average molecular weight is 259 g/mol. The van der Waals surface area contributed by atoms with Crippen LogP contribution in [0.15, 0.2) is 24.4 Å². The van der Waals surface area contributed by atoms with Gasteiger partial charge in [0.05, 0.1) is 19.0 Å². The Morgan fingerprint density at radius 1 is 1.32 bits per heavy atom. The lowest BCUT2D eigenvalue weighted by atomic mass is 9.84. The minimum Gasteiger partial charge on any atom is -0.496 e. The topological polar surface area (TPSA) is 63.9 Å². The Bertz CT molecular complexity index is 567. The van der Waals surface area contributed by atoms with E-state index in [0.29, 0.717) is 6.54 Å². The third-order valence-corrected chi connectivity index (χ3v) is 3.24. The summed E-state index contributed by atoms with van der Waals surface area (Å²) in [4.78, 5) is 0. The van der Waals surface area contributed by atoms with Gasteiger partial charge in [-0.05, 0) is 23.1 Å². The van der Waals surface area contributed by atoms with Crippen molar-refractivity contribution >= 4 is 0 Å². The Labute approximate surface area is 114 Å². The van der Waals surface area contributed by atoms with Gasteiger partial charge in [0.2, 0.25) is 0 Å². The molecule has 0 fully saturated rings. The van der Waals surface area contributed by atoms with E-state index in [2.05, 4.69) is 37.0 Å². The highest BCUT2D eigenvalue weighted by atomic mass is 16.5. The molecule has 0 saturated carbocycles. The van der Waals surface area contributed by atoms with Gasteiger partial charge in [-0.3, -0.25) is 5.10 Å². The maximum atomic E-state index is 5.72. The number of hydrogen-bond acceptors (Lipinski definition) is 3. The number of nitrogens with one attached hydrogen (secondary N) is 1. The van der Waals surface area contributed by atoms with Crippen molar-refractivity contribution in [3.05, 3.63) is 35.7 Å². The molecular formula is C15H21N3O. The largest absolute Gasteiger partial charge is 0.496 e. The van der Waals surface area contributed by atoms with Crippen molar-refractivity contribution in [3.8, 4) is 16.9 Å². The summed E-state index contributed by atoms with van der Waals surface area (Å²) in [5, 5.41) is 7.00. The second-order valence-electron chi connectivity index (χ2n) is 5.63. The summed E-state index contributed by atoms with van der Waals surface area (Å²) in [5.41, 5.74) is 10.0. The van der Waals surface area contributed by atoms with E-state index in [1.54, 1.807) is 7.11 Å². The normalized spacial score (nSPS) is 11.6. The van der Waals surface area contributed by atoms with Crippen LogP contribution in [0.1, 0.15) is 32.0 Å². The van der Waals surface area contributed by atoms with Crippen molar-refractivity contribution in [2.24, 2.45) is 5.73 Å². The van der Waals surface area contributed by atoms with Gasteiger partial charge in [-0.2, -0.15) is 5.10 Å². The summed E-state index contributed by atoms with van der Waals surface area (Å²) in [6, 6.07) is 6.20. The van der Waals surface area contributed by atoms with Crippen LogP contribution >= 0.6 is 0 Å². The average Bonchev–Trinajstić information content (AvgIpc) is 2.85. The molecule has 102 valence electrons. The molecule has 0 unspecified atom stereocenters.